The van der Waals surface area contributed by atoms with Crippen molar-refractivity contribution in [2.45, 2.75) is 52.2 Å². The molecule has 1 aromatic rings. The Morgan fingerprint density at radius 2 is 1.91 bits per heavy atom. The highest BCUT2D eigenvalue weighted by Gasteiger charge is 2.22. The van der Waals surface area contributed by atoms with Gasteiger partial charge < -0.3 is 9.47 Å². The molecule has 1 aromatic carbocycles. The van der Waals surface area contributed by atoms with Gasteiger partial charge in [0.05, 0.1) is 19.3 Å². The Kier molecular flexibility index (Phi) is 7.35. The van der Waals surface area contributed by atoms with Crippen LogP contribution in [0.4, 0.5) is 0 Å². The molecular weight excluding hydrogens is 284 g/mol. The average molecular weight is 310 g/mol. The molecule has 5 nitrogen and oxygen atoms in total. The van der Waals surface area contributed by atoms with Gasteiger partial charge in [0.15, 0.2) is 0 Å². The average Bonchev–Trinajstić information content (AvgIpc) is 2.46. The van der Waals surface area contributed by atoms with Crippen molar-refractivity contribution in [3.05, 3.63) is 29.8 Å². The van der Waals surface area contributed by atoms with Crippen LogP contribution in [0.15, 0.2) is 24.3 Å². The molecule has 5 heteroatoms. The molecule has 1 atom stereocenters. The molecule has 0 N–H and O–H groups in total. The summed E-state index contributed by atoms with van der Waals surface area (Å²) in [6.07, 6.45) is 0.305. The van der Waals surface area contributed by atoms with Crippen molar-refractivity contribution in [3.8, 4) is 5.75 Å². The first-order valence-electron chi connectivity index (χ1n) is 7.50. The van der Waals surface area contributed by atoms with E-state index in [-0.39, 0.29) is 12.4 Å². The van der Waals surface area contributed by atoms with Crippen LogP contribution >= 0.6 is 0 Å². The predicted molar refractivity (Wildman–Crippen MR) is 83.5 cm³/mol. The van der Waals surface area contributed by atoms with E-state index in [2.05, 4.69) is 0 Å². The molecule has 0 radical (unpaired) electrons. The van der Waals surface area contributed by atoms with Crippen LogP contribution in [0.25, 0.3) is 0 Å². The quantitative estimate of drug-likeness (QED) is 0.415. The topological polar surface area (TPSA) is 54.0 Å². The first-order chi connectivity index (χ1) is 10.4. The molecule has 22 heavy (non-hydrogen) atoms. The van der Waals surface area contributed by atoms with Gasteiger partial charge in [-0.15, -0.1) is 0 Å². The predicted octanol–water partition coefficient (Wildman–Crippen LogP) is 3.83. The molecule has 0 saturated carbocycles. The third-order valence-electron chi connectivity index (χ3n) is 2.82. The van der Waals surface area contributed by atoms with E-state index >= 15 is 0 Å². The minimum Gasteiger partial charge on any atom is -0.496 e. The molecule has 0 fully saturated rings. The van der Waals surface area contributed by atoms with Gasteiger partial charge in [-0.05, 0) is 40.2 Å². The van der Waals surface area contributed by atoms with E-state index in [9.17, 15) is 4.79 Å². The van der Waals surface area contributed by atoms with E-state index in [1.165, 1.54) is 0 Å². The molecule has 0 aromatic heterocycles. The van der Waals surface area contributed by atoms with Crippen LogP contribution in [0.3, 0.4) is 0 Å². The van der Waals surface area contributed by atoms with Crippen LogP contribution in [0.1, 0.15) is 52.2 Å². The van der Waals surface area contributed by atoms with Crippen LogP contribution in [0, 0.1) is 0 Å². The molecule has 124 valence electrons. The highest BCUT2D eigenvalue weighted by atomic mass is 17.2. The lowest BCUT2D eigenvalue weighted by Crippen LogP contribution is -2.22. The van der Waals surface area contributed by atoms with E-state index in [1.54, 1.807) is 14.0 Å². The molecule has 0 aliphatic heterocycles. The van der Waals surface area contributed by atoms with Crippen LogP contribution < -0.4 is 4.74 Å². The summed E-state index contributed by atoms with van der Waals surface area (Å²) >= 11 is 0. The largest absolute Gasteiger partial charge is 0.496 e. The molecule has 0 aliphatic carbocycles. The second-order valence-electron chi connectivity index (χ2n) is 5.87. The number of carbonyl (C=O) groups is 1. The van der Waals surface area contributed by atoms with Crippen molar-refractivity contribution in [2.24, 2.45) is 0 Å². The monoisotopic (exact) mass is 310 g/mol. The van der Waals surface area contributed by atoms with Gasteiger partial charge in [0.25, 0.3) is 0 Å². The summed E-state index contributed by atoms with van der Waals surface area (Å²) in [7, 11) is 1.60. The van der Waals surface area contributed by atoms with Crippen molar-refractivity contribution in [2.75, 3.05) is 13.7 Å². The summed E-state index contributed by atoms with van der Waals surface area (Å²) < 4.78 is 10.3. The number of rotatable bonds is 8. The fourth-order valence-electron chi connectivity index (χ4n) is 1.87. The van der Waals surface area contributed by atoms with Crippen LogP contribution in [-0.2, 0) is 19.3 Å². The molecule has 1 rings (SSSR count). The van der Waals surface area contributed by atoms with Gasteiger partial charge in [-0.2, -0.15) is 0 Å². The van der Waals surface area contributed by atoms with E-state index in [0.29, 0.717) is 18.8 Å². The Morgan fingerprint density at radius 1 is 1.23 bits per heavy atom. The van der Waals surface area contributed by atoms with Crippen LogP contribution in [-0.4, -0.2) is 25.3 Å². The molecule has 0 amide bonds. The number of para-hydroxylation sites is 1. The van der Waals surface area contributed by atoms with Crippen molar-refractivity contribution in [1.82, 2.24) is 0 Å². The Morgan fingerprint density at radius 3 is 2.50 bits per heavy atom. The zero-order valence-corrected chi connectivity index (χ0v) is 14.0. The number of esters is 1. The number of hydrogen-bond acceptors (Lipinski definition) is 5. The van der Waals surface area contributed by atoms with Gasteiger partial charge >= 0.3 is 5.97 Å². The number of benzene rings is 1. The molecule has 0 spiro atoms. The van der Waals surface area contributed by atoms with Crippen LogP contribution in [0.5, 0.6) is 5.75 Å². The van der Waals surface area contributed by atoms with Crippen LogP contribution in [0.2, 0.25) is 0 Å². The number of carbonyl (C=O) groups excluding carboxylic acids is 1. The lowest BCUT2D eigenvalue weighted by molar-refractivity contribution is -0.376. The normalized spacial score (nSPS) is 12.8. The molecule has 0 saturated heterocycles. The van der Waals surface area contributed by atoms with E-state index in [4.69, 9.17) is 19.2 Å². The summed E-state index contributed by atoms with van der Waals surface area (Å²) in [4.78, 5) is 22.6. The highest BCUT2D eigenvalue weighted by Crippen LogP contribution is 2.32. The highest BCUT2D eigenvalue weighted by molar-refractivity contribution is 5.69. The standard InChI is InChI=1S/C17H26O5/c1-6-20-16(18)12-11-15(21-22-17(2,3)4)13-9-7-8-10-14(13)19-5/h7-10,15H,6,11-12H2,1-5H3. The summed E-state index contributed by atoms with van der Waals surface area (Å²) in [6, 6.07) is 7.54. The zero-order chi connectivity index (χ0) is 16.6. The van der Waals surface area contributed by atoms with Gasteiger partial charge in [0, 0.05) is 12.0 Å². The van der Waals surface area contributed by atoms with Crippen molar-refractivity contribution in [1.29, 1.82) is 0 Å². The number of ether oxygens (including phenoxy) is 2. The van der Waals surface area contributed by atoms with E-state index in [1.807, 2.05) is 45.0 Å². The lowest BCUT2D eigenvalue weighted by atomic mass is 10.0. The third kappa shape index (κ3) is 6.45. The van der Waals surface area contributed by atoms with Crippen molar-refractivity contribution < 1.29 is 24.0 Å². The van der Waals surface area contributed by atoms with Crippen molar-refractivity contribution in [3.63, 3.8) is 0 Å². The Hall–Kier alpha value is -1.59. The lowest BCUT2D eigenvalue weighted by Gasteiger charge is -2.24. The maximum Gasteiger partial charge on any atom is 0.305 e. The first-order valence-corrected chi connectivity index (χ1v) is 7.50. The smallest absolute Gasteiger partial charge is 0.305 e. The minimum absolute atomic E-state index is 0.248. The molecule has 0 heterocycles. The Balaban J connectivity index is 2.83. The van der Waals surface area contributed by atoms with Gasteiger partial charge in [0.1, 0.15) is 11.9 Å². The van der Waals surface area contributed by atoms with Gasteiger partial charge in [-0.1, -0.05) is 18.2 Å². The molecule has 0 bridgehead atoms. The maximum absolute atomic E-state index is 11.6. The SMILES string of the molecule is CCOC(=O)CCC(OOC(C)(C)C)c1ccccc1OC. The maximum atomic E-state index is 11.6. The summed E-state index contributed by atoms with van der Waals surface area (Å²) in [5, 5.41) is 0. The summed E-state index contributed by atoms with van der Waals surface area (Å²) in [5.41, 5.74) is 0.406. The fraction of sp³-hybridized carbons (Fsp3) is 0.588. The first kappa shape index (κ1) is 18.5. The molecular formula is C17H26O5. The number of methoxy groups -OCH3 is 1. The van der Waals surface area contributed by atoms with Crippen molar-refractivity contribution >= 4 is 5.97 Å². The molecule has 1 unspecified atom stereocenters. The second-order valence-corrected chi connectivity index (χ2v) is 5.87. The van der Waals surface area contributed by atoms with Gasteiger partial charge in [-0.25, -0.2) is 9.78 Å². The van der Waals surface area contributed by atoms with Gasteiger partial charge in [0.2, 0.25) is 0 Å². The third-order valence-corrected chi connectivity index (χ3v) is 2.82. The Labute approximate surface area is 132 Å². The fourth-order valence-corrected chi connectivity index (χ4v) is 1.87. The number of hydrogen-bond donors (Lipinski definition) is 0. The van der Waals surface area contributed by atoms with E-state index in [0.717, 1.165) is 5.56 Å². The minimum atomic E-state index is -0.440. The molecule has 0 aliphatic rings. The second kappa shape index (κ2) is 8.76. The van der Waals surface area contributed by atoms with Gasteiger partial charge in [-0.3, -0.25) is 4.79 Å². The summed E-state index contributed by atoms with van der Waals surface area (Å²) in [6.45, 7) is 7.86. The van der Waals surface area contributed by atoms with E-state index < -0.39 is 11.7 Å². The zero-order valence-electron chi connectivity index (χ0n) is 14.0. The summed E-state index contributed by atoms with van der Waals surface area (Å²) in [5.74, 6) is 0.454. The Bertz CT molecular complexity index is 464.